The molecule has 65 heavy (non-hydrogen) atoms. The molecule has 1 aliphatic rings. The van der Waals surface area contributed by atoms with E-state index in [1.54, 1.807) is 28.4 Å². The smallest absolute Gasteiger partial charge is 0.307 e. The molecule has 0 radical (unpaired) electrons. The second kappa shape index (κ2) is 14.5. The molecule has 11 aromatic carbocycles. The number of methoxy groups -OCH3 is 4. The number of ether oxygens (including phenoxy) is 4. The maximum atomic E-state index is 7.58. The van der Waals surface area contributed by atoms with Gasteiger partial charge in [0, 0.05) is 59.9 Å². The third-order valence-corrected chi connectivity index (χ3v) is 15.1. The molecule has 8 heteroatoms. The molecule has 0 saturated carbocycles. The fraction of sp³-hybridized carbons (Fsp3) is 0.123. The van der Waals surface area contributed by atoms with Crippen LogP contribution in [0.25, 0.3) is 108 Å². The molecule has 7 nitrogen and oxygen atoms in total. The summed E-state index contributed by atoms with van der Waals surface area (Å²) in [5.74, 6) is 2.87. The number of hydrogen-bond donors (Lipinski definition) is 1. The third-order valence-electron chi connectivity index (χ3n) is 13.9. The van der Waals surface area contributed by atoms with Crippen LogP contribution in [0.2, 0.25) is 0 Å². The SMILES string of the molecule is COc1cc2c3cc(OC)c4cc(OC)c5ccc6ccc7ccccc7c6c5c4c3op(N[C@@H]3CCc4ccccc43)oc2c2c1cc(OC)c1ccc3ccc4ccccc4c3c12. The van der Waals surface area contributed by atoms with Crippen LogP contribution in [0.15, 0.2) is 154 Å². The summed E-state index contributed by atoms with van der Waals surface area (Å²) in [6, 6.07) is 51.7. The van der Waals surface area contributed by atoms with Crippen molar-refractivity contribution < 1.29 is 27.3 Å². The van der Waals surface area contributed by atoms with Gasteiger partial charge in [0.1, 0.15) is 23.0 Å². The van der Waals surface area contributed by atoms with Crippen LogP contribution >= 0.6 is 8.16 Å². The Bertz CT molecular complexity index is 3830. The Morgan fingerprint density at radius 2 is 0.846 bits per heavy atom. The molecule has 0 bridgehead atoms. The van der Waals surface area contributed by atoms with Gasteiger partial charge in [-0.3, -0.25) is 0 Å². The van der Waals surface area contributed by atoms with Gasteiger partial charge >= 0.3 is 8.16 Å². The molecule has 0 aliphatic heterocycles. The molecular weight excluding hydrogens is 826 g/mol. The van der Waals surface area contributed by atoms with Crippen LogP contribution in [0.4, 0.5) is 0 Å². The lowest BCUT2D eigenvalue weighted by Crippen LogP contribution is -2.03. The van der Waals surface area contributed by atoms with Crippen LogP contribution in [-0.2, 0) is 6.42 Å². The van der Waals surface area contributed by atoms with Crippen molar-refractivity contribution >= 4 is 116 Å². The van der Waals surface area contributed by atoms with Crippen LogP contribution < -0.4 is 24.0 Å². The van der Waals surface area contributed by atoms with Crippen LogP contribution in [0.3, 0.4) is 0 Å². The lowest BCUT2D eigenvalue weighted by molar-refractivity contribution is 0.415. The van der Waals surface area contributed by atoms with Crippen molar-refractivity contribution in [2.24, 2.45) is 0 Å². The predicted molar refractivity (Wildman–Crippen MR) is 269 cm³/mol. The van der Waals surface area contributed by atoms with E-state index in [4.69, 9.17) is 27.3 Å². The first-order valence-electron chi connectivity index (χ1n) is 22.0. The molecular formula is C57H42NO6P. The van der Waals surface area contributed by atoms with Gasteiger partial charge in [-0.05, 0) is 103 Å². The molecule has 12 aromatic rings. The van der Waals surface area contributed by atoms with E-state index >= 15 is 0 Å². The number of hydrogen-bond acceptors (Lipinski definition) is 7. The Hall–Kier alpha value is -7.44. The van der Waals surface area contributed by atoms with E-state index in [1.807, 2.05) is 0 Å². The molecule has 1 atom stereocenters. The second-order valence-corrected chi connectivity index (χ2v) is 18.2. The summed E-state index contributed by atoms with van der Waals surface area (Å²) in [4.78, 5) is 0. The summed E-state index contributed by atoms with van der Waals surface area (Å²) >= 11 is 0. The van der Waals surface area contributed by atoms with E-state index in [0.29, 0.717) is 22.7 Å². The lowest BCUT2D eigenvalue weighted by atomic mass is 9.90. The van der Waals surface area contributed by atoms with Gasteiger partial charge in [-0.2, -0.15) is 0 Å². The molecule has 1 aliphatic carbocycles. The Kier molecular flexibility index (Phi) is 8.52. The first-order chi connectivity index (χ1) is 32.0. The number of nitrogens with one attached hydrogen (secondary N) is 1. The zero-order valence-electron chi connectivity index (χ0n) is 36.2. The summed E-state index contributed by atoms with van der Waals surface area (Å²) in [5.41, 5.74) is 4.01. The minimum atomic E-state index is -1.86. The highest BCUT2D eigenvalue weighted by Gasteiger charge is 2.27. The van der Waals surface area contributed by atoms with Crippen molar-refractivity contribution in [3.05, 3.63) is 157 Å². The molecule has 0 unspecified atom stereocenters. The minimum Gasteiger partial charge on any atom is -0.496 e. The van der Waals surface area contributed by atoms with E-state index in [0.717, 1.165) is 121 Å². The highest BCUT2D eigenvalue weighted by molar-refractivity contribution is 7.38. The number of rotatable bonds is 6. The van der Waals surface area contributed by atoms with Crippen LogP contribution in [0, 0.1) is 0 Å². The maximum Gasteiger partial charge on any atom is 0.307 e. The normalized spacial score (nSPS) is 13.9. The first-order valence-corrected chi connectivity index (χ1v) is 23.1. The van der Waals surface area contributed by atoms with E-state index in [1.165, 1.54) is 11.1 Å². The molecule has 0 spiro atoms. The summed E-state index contributed by atoms with van der Waals surface area (Å²) < 4.78 is 40.4. The van der Waals surface area contributed by atoms with Crippen molar-refractivity contribution in [2.45, 2.75) is 18.9 Å². The average molecular weight is 868 g/mol. The van der Waals surface area contributed by atoms with Crippen molar-refractivity contribution in [1.29, 1.82) is 0 Å². The maximum absolute atomic E-state index is 7.58. The molecule has 316 valence electrons. The second-order valence-electron chi connectivity index (χ2n) is 17.0. The number of aryl methyl sites for hydroxylation is 1. The Balaban J connectivity index is 1.31. The predicted octanol–water partition coefficient (Wildman–Crippen LogP) is 15.8. The highest BCUT2D eigenvalue weighted by Crippen LogP contribution is 2.53. The van der Waals surface area contributed by atoms with E-state index < -0.39 is 8.16 Å². The summed E-state index contributed by atoms with van der Waals surface area (Å²) in [7, 11) is 5.06. The highest BCUT2D eigenvalue weighted by atomic mass is 31.1. The van der Waals surface area contributed by atoms with Gasteiger partial charge < -0.3 is 27.3 Å². The lowest BCUT2D eigenvalue weighted by Gasteiger charge is -2.17. The van der Waals surface area contributed by atoms with Crippen LogP contribution in [0.5, 0.6) is 23.0 Å². The fourth-order valence-electron chi connectivity index (χ4n) is 11.0. The van der Waals surface area contributed by atoms with Crippen molar-refractivity contribution in [3.63, 3.8) is 0 Å². The van der Waals surface area contributed by atoms with Gasteiger partial charge in [-0.25, -0.2) is 5.09 Å². The van der Waals surface area contributed by atoms with Crippen molar-refractivity contribution in [3.8, 4) is 23.0 Å². The fourth-order valence-corrected chi connectivity index (χ4v) is 12.3. The zero-order valence-corrected chi connectivity index (χ0v) is 37.1. The number of benzene rings is 11. The van der Waals surface area contributed by atoms with Gasteiger partial charge in [-0.1, -0.05) is 109 Å². The summed E-state index contributed by atoms with van der Waals surface area (Å²) in [5, 5.41) is 22.3. The molecule has 13 rings (SSSR count). The summed E-state index contributed by atoms with van der Waals surface area (Å²) in [6.07, 6.45) is 1.89. The Morgan fingerprint density at radius 1 is 0.415 bits per heavy atom. The third kappa shape index (κ3) is 5.53. The monoisotopic (exact) mass is 867 g/mol. The van der Waals surface area contributed by atoms with Gasteiger partial charge in [0.25, 0.3) is 0 Å². The molecule has 1 N–H and O–H groups in total. The van der Waals surface area contributed by atoms with Crippen LogP contribution in [-0.4, -0.2) is 28.4 Å². The average Bonchev–Trinajstić information content (AvgIpc) is 3.69. The molecule has 0 fully saturated rings. The van der Waals surface area contributed by atoms with Gasteiger partial charge in [0.2, 0.25) is 0 Å². The summed E-state index contributed by atoms with van der Waals surface area (Å²) in [6.45, 7) is 0. The zero-order chi connectivity index (χ0) is 43.5. The van der Waals surface area contributed by atoms with Gasteiger partial charge in [0.05, 0.1) is 28.4 Å². The van der Waals surface area contributed by atoms with Crippen LogP contribution in [0.1, 0.15) is 23.6 Å². The molecule has 1 aromatic heterocycles. The van der Waals surface area contributed by atoms with E-state index in [9.17, 15) is 0 Å². The molecule has 0 amide bonds. The van der Waals surface area contributed by atoms with Crippen molar-refractivity contribution in [1.82, 2.24) is 0 Å². The molecule has 1 heterocycles. The quantitative estimate of drug-likeness (QED) is 0.167. The largest absolute Gasteiger partial charge is 0.496 e. The van der Waals surface area contributed by atoms with Crippen molar-refractivity contribution in [2.75, 3.05) is 33.5 Å². The van der Waals surface area contributed by atoms with Gasteiger partial charge in [0.15, 0.2) is 11.2 Å². The topological polar surface area (TPSA) is 75.2 Å². The minimum absolute atomic E-state index is 0.0135. The van der Waals surface area contributed by atoms with E-state index in [2.05, 4.69) is 151 Å². The van der Waals surface area contributed by atoms with E-state index in [-0.39, 0.29) is 6.04 Å². The standard InChI is InChI=1S/C57H42NO6P/c1-59-46-29-43-48(61-3)27-41-42-28-49(62-4)44-30-47(60-2)40-25-22-35-20-18-33-13-7-10-16-38(33)51(35)53(40)55(44)57(42)64-65(58-45-26-23-31-11-5-8-14-36(31)45)63-56(41)54(43)52-39(46)24-21-34-19-17-32-12-6-9-15-37(32)50(34)52/h5-22,24-25,27-30,45,58H,23,26H2,1-4H3/t45-/m1/s1. The van der Waals surface area contributed by atoms with Gasteiger partial charge in [-0.15, -0.1) is 0 Å². The first kappa shape index (κ1) is 38.1. The molecule has 0 saturated heterocycles. The Morgan fingerprint density at radius 3 is 1.37 bits per heavy atom. The number of fused-ring (bicyclic) bond motifs is 20. The Labute approximate surface area is 374 Å².